The summed E-state index contributed by atoms with van der Waals surface area (Å²) < 4.78 is 10.8. The van der Waals surface area contributed by atoms with Gasteiger partial charge in [0.2, 0.25) is 0 Å². The fraction of sp³-hybridized carbons (Fsp3) is 0.414. The quantitative estimate of drug-likeness (QED) is 0.0646. The number of carbonyl (C=O) groups excluding carboxylic acids is 3. The third-order valence-electron chi connectivity index (χ3n) is 5.49. The van der Waals surface area contributed by atoms with Crippen LogP contribution in [0.3, 0.4) is 0 Å². The number of benzene rings is 2. The lowest BCUT2D eigenvalue weighted by atomic mass is 10.1. The maximum atomic E-state index is 12.1. The fourth-order valence-electron chi connectivity index (χ4n) is 3.36. The van der Waals surface area contributed by atoms with Crippen LogP contribution < -0.4 is 9.47 Å². The average molecular weight is 497 g/mol. The molecule has 2 rings (SSSR count). The first-order chi connectivity index (χ1) is 17.4. The van der Waals surface area contributed by atoms with Gasteiger partial charge in [-0.3, -0.25) is 14.5 Å². The van der Waals surface area contributed by atoms with Gasteiger partial charge in [0, 0.05) is 18.9 Å². The summed E-state index contributed by atoms with van der Waals surface area (Å²) in [5.41, 5.74) is 1.90. The number of ether oxygens (including phenoxy) is 2. The Morgan fingerprint density at radius 1 is 0.806 bits per heavy atom. The molecule has 1 unspecified atom stereocenters. The maximum absolute atomic E-state index is 12.1. The first kappa shape index (κ1) is 28.8. The van der Waals surface area contributed by atoms with Gasteiger partial charge in [-0.2, -0.15) is 4.89 Å². The van der Waals surface area contributed by atoms with Crippen molar-refractivity contribution in [2.24, 2.45) is 5.92 Å². The van der Waals surface area contributed by atoms with Crippen molar-refractivity contribution < 1.29 is 33.6 Å². The van der Waals surface area contributed by atoms with Crippen LogP contribution in [0.5, 0.6) is 11.5 Å². The first-order valence-electron chi connectivity index (χ1n) is 12.5. The van der Waals surface area contributed by atoms with Crippen molar-refractivity contribution in [2.45, 2.75) is 65.2 Å². The minimum Gasteiger partial charge on any atom is -0.427 e. The van der Waals surface area contributed by atoms with Crippen LogP contribution in [0.1, 0.15) is 65.2 Å². The zero-order valence-electron chi connectivity index (χ0n) is 21.2. The molecule has 7 heteroatoms. The van der Waals surface area contributed by atoms with Gasteiger partial charge >= 0.3 is 17.9 Å². The Morgan fingerprint density at radius 3 is 1.86 bits per heavy atom. The summed E-state index contributed by atoms with van der Waals surface area (Å²) in [4.78, 5) is 44.3. The molecule has 0 aliphatic carbocycles. The van der Waals surface area contributed by atoms with Crippen molar-refractivity contribution in [1.29, 1.82) is 0 Å². The van der Waals surface area contributed by atoms with E-state index in [4.69, 9.17) is 14.4 Å². The molecule has 0 aliphatic heterocycles. The zero-order valence-corrected chi connectivity index (χ0v) is 21.2. The van der Waals surface area contributed by atoms with Gasteiger partial charge in [0.1, 0.15) is 11.5 Å². The highest BCUT2D eigenvalue weighted by molar-refractivity contribution is 5.80. The first-order valence-corrected chi connectivity index (χ1v) is 12.5. The van der Waals surface area contributed by atoms with Crippen LogP contribution in [0.25, 0.3) is 11.1 Å². The standard InChI is InChI=1S/C29H36O7/c1-4-6-7-8-9-10-28(31)34-25-16-12-23(13-17-25)24-14-18-26(19-15-24)35-29(32)20-11-22(3)21-33-36-27(30)5-2/h5,12-19,22H,2,4,6-11,20-21H2,1,3H3. The molecule has 0 N–H and O–H groups in total. The third-order valence-corrected chi connectivity index (χ3v) is 5.49. The Labute approximate surface area is 213 Å². The van der Waals surface area contributed by atoms with Gasteiger partial charge < -0.3 is 9.47 Å². The molecule has 0 bridgehead atoms. The normalized spacial score (nSPS) is 11.4. The van der Waals surface area contributed by atoms with Crippen LogP contribution >= 0.6 is 0 Å². The fourth-order valence-corrected chi connectivity index (χ4v) is 3.36. The van der Waals surface area contributed by atoms with E-state index in [1.165, 1.54) is 12.8 Å². The smallest absolute Gasteiger partial charge is 0.365 e. The van der Waals surface area contributed by atoms with Crippen molar-refractivity contribution >= 4 is 17.9 Å². The van der Waals surface area contributed by atoms with Crippen LogP contribution in [-0.2, 0) is 24.2 Å². The highest BCUT2D eigenvalue weighted by Gasteiger charge is 2.11. The number of rotatable bonds is 16. The topological polar surface area (TPSA) is 88.1 Å². The zero-order chi connectivity index (χ0) is 26.2. The minimum absolute atomic E-state index is 0.00517. The monoisotopic (exact) mass is 496 g/mol. The molecule has 36 heavy (non-hydrogen) atoms. The highest BCUT2D eigenvalue weighted by atomic mass is 17.2. The van der Waals surface area contributed by atoms with E-state index >= 15 is 0 Å². The minimum atomic E-state index is -0.659. The van der Waals surface area contributed by atoms with Gasteiger partial charge in [-0.1, -0.05) is 70.4 Å². The van der Waals surface area contributed by atoms with E-state index in [1.807, 2.05) is 31.2 Å². The Hall–Kier alpha value is -3.45. The molecular weight excluding hydrogens is 460 g/mol. The van der Waals surface area contributed by atoms with Gasteiger partial charge in [-0.05, 0) is 54.2 Å². The second kappa shape index (κ2) is 16.3. The van der Waals surface area contributed by atoms with E-state index in [-0.39, 0.29) is 30.9 Å². The van der Waals surface area contributed by atoms with Crippen molar-refractivity contribution in [3.05, 3.63) is 61.2 Å². The molecule has 0 aromatic heterocycles. The Bertz CT molecular complexity index is 964. The summed E-state index contributed by atoms with van der Waals surface area (Å²) in [5.74, 6) is -0.227. The molecule has 7 nitrogen and oxygen atoms in total. The van der Waals surface area contributed by atoms with Crippen molar-refractivity contribution in [3.8, 4) is 22.6 Å². The van der Waals surface area contributed by atoms with Gasteiger partial charge in [0.25, 0.3) is 0 Å². The lowest BCUT2D eigenvalue weighted by molar-refractivity contribution is -0.272. The highest BCUT2D eigenvalue weighted by Crippen LogP contribution is 2.25. The molecule has 0 amide bonds. The predicted molar refractivity (Wildman–Crippen MR) is 137 cm³/mol. The van der Waals surface area contributed by atoms with Crippen molar-refractivity contribution in [2.75, 3.05) is 6.61 Å². The average Bonchev–Trinajstić information content (AvgIpc) is 2.88. The molecular formula is C29H36O7. The van der Waals surface area contributed by atoms with E-state index < -0.39 is 5.97 Å². The number of carbonyl (C=O) groups is 3. The van der Waals surface area contributed by atoms with Gasteiger partial charge in [-0.15, -0.1) is 0 Å². The van der Waals surface area contributed by atoms with Crippen molar-refractivity contribution in [3.63, 3.8) is 0 Å². The molecule has 194 valence electrons. The largest absolute Gasteiger partial charge is 0.427 e. The van der Waals surface area contributed by atoms with Crippen molar-refractivity contribution in [1.82, 2.24) is 0 Å². The lowest BCUT2D eigenvalue weighted by Crippen LogP contribution is -2.13. The summed E-state index contributed by atoms with van der Waals surface area (Å²) in [7, 11) is 0. The third kappa shape index (κ3) is 11.3. The molecule has 1 atom stereocenters. The van der Waals surface area contributed by atoms with Crippen LogP contribution in [0.2, 0.25) is 0 Å². The van der Waals surface area contributed by atoms with Gasteiger partial charge in [0.05, 0.1) is 6.61 Å². The van der Waals surface area contributed by atoms with Crippen LogP contribution in [0.4, 0.5) is 0 Å². The number of hydrogen-bond acceptors (Lipinski definition) is 7. The van der Waals surface area contributed by atoms with E-state index in [1.54, 1.807) is 24.3 Å². The number of hydrogen-bond donors (Lipinski definition) is 0. The molecule has 0 radical (unpaired) electrons. The Balaban J connectivity index is 1.74. The van der Waals surface area contributed by atoms with Crippen LogP contribution in [0, 0.1) is 5.92 Å². The van der Waals surface area contributed by atoms with E-state index in [0.717, 1.165) is 36.5 Å². The summed E-state index contributed by atoms with van der Waals surface area (Å²) in [6, 6.07) is 14.5. The van der Waals surface area contributed by atoms with Crippen LogP contribution in [-0.4, -0.2) is 24.5 Å². The Morgan fingerprint density at radius 2 is 1.33 bits per heavy atom. The summed E-state index contributed by atoms with van der Waals surface area (Å²) >= 11 is 0. The van der Waals surface area contributed by atoms with E-state index in [9.17, 15) is 14.4 Å². The SMILES string of the molecule is C=CC(=O)OOCC(C)CCC(=O)Oc1ccc(-c2ccc(OC(=O)CCCCCCC)cc2)cc1. The van der Waals surface area contributed by atoms with E-state index in [2.05, 4.69) is 18.4 Å². The molecule has 0 saturated heterocycles. The second-order valence-corrected chi connectivity index (χ2v) is 8.70. The van der Waals surface area contributed by atoms with Gasteiger partial charge in [0.15, 0.2) is 0 Å². The second-order valence-electron chi connectivity index (χ2n) is 8.70. The van der Waals surface area contributed by atoms with Gasteiger partial charge in [-0.25, -0.2) is 4.79 Å². The lowest BCUT2D eigenvalue weighted by Gasteiger charge is -2.10. The predicted octanol–water partition coefficient (Wildman–Crippen LogP) is 6.60. The summed E-state index contributed by atoms with van der Waals surface area (Å²) in [5, 5.41) is 0. The molecule has 0 aliphatic rings. The molecule has 2 aromatic rings. The maximum Gasteiger partial charge on any atom is 0.365 e. The summed E-state index contributed by atoms with van der Waals surface area (Å²) in [6.07, 6.45) is 7.62. The van der Waals surface area contributed by atoms with Crippen LogP contribution in [0.15, 0.2) is 61.2 Å². The molecule has 0 spiro atoms. The molecule has 0 fully saturated rings. The number of esters is 2. The number of unbranched alkanes of at least 4 members (excludes halogenated alkanes) is 4. The molecule has 0 heterocycles. The summed E-state index contributed by atoms with van der Waals surface area (Å²) in [6.45, 7) is 7.50. The molecule has 0 saturated carbocycles. The molecule has 2 aromatic carbocycles. The van der Waals surface area contributed by atoms with E-state index in [0.29, 0.717) is 24.3 Å². The Kier molecular flexibility index (Phi) is 13.0.